The maximum absolute atomic E-state index is 6.29. The van der Waals surface area contributed by atoms with Crippen molar-refractivity contribution >= 4 is 25.4 Å². The van der Waals surface area contributed by atoms with Crippen molar-refractivity contribution in [3.63, 3.8) is 0 Å². The Hall–Kier alpha value is 0.451. The number of ether oxygens (including phenoxy) is 2. The largest absolute Gasteiger partial charge is 0.435 e. The lowest BCUT2D eigenvalue weighted by Gasteiger charge is -2.37. The van der Waals surface area contributed by atoms with Gasteiger partial charge in [-0.3, -0.25) is 0 Å². The van der Waals surface area contributed by atoms with Gasteiger partial charge >= 0.3 is 17.1 Å². The molecule has 19 heavy (non-hydrogen) atoms. The zero-order chi connectivity index (χ0) is 15.2. The molecule has 0 atom stereocenters. The second kappa shape index (κ2) is 8.03. The lowest BCUT2D eigenvalue weighted by molar-refractivity contribution is 0.0867. The molecule has 0 bridgehead atoms. The van der Waals surface area contributed by atoms with Crippen molar-refractivity contribution in [2.24, 2.45) is 0 Å². The van der Waals surface area contributed by atoms with Crippen LogP contribution in [0.5, 0.6) is 0 Å². The molecule has 0 fully saturated rings. The van der Waals surface area contributed by atoms with Crippen LogP contribution in [0.1, 0.15) is 0 Å². The summed E-state index contributed by atoms with van der Waals surface area (Å²) in [6, 6.07) is 0. The Morgan fingerprint density at radius 3 is 1.79 bits per heavy atom. The molecule has 0 aromatic rings. The van der Waals surface area contributed by atoms with Crippen LogP contribution in [-0.2, 0) is 22.1 Å². The Kier molecular flexibility index (Phi) is 8.22. The van der Waals surface area contributed by atoms with Crippen molar-refractivity contribution in [1.82, 2.24) is 0 Å². The lowest BCUT2D eigenvalue weighted by atomic mass is 10.8. The summed E-state index contributed by atoms with van der Waals surface area (Å²) in [6.07, 6.45) is 0.658. The van der Waals surface area contributed by atoms with E-state index in [2.05, 4.69) is 26.2 Å². The van der Waals surface area contributed by atoms with Crippen molar-refractivity contribution in [3.8, 4) is 0 Å². The molecule has 0 aliphatic rings. The minimum absolute atomic E-state index is 0.609. The van der Waals surface area contributed by atoms with E-state index in [1.165, 1.54) is 0 Å². The van der Waals surface area contributed by atoms with Crippen molar-refractivity contribution in [2.45, 2.75) is 39.3 Å². The van der Waals surface area contributed by atoms with Gasteiger partial charge in [-0.15, -0.1) is 0 Å². The van der Waals surface area contributed by atoms with E-state index in [1.54, 1.807) is 14.2 Å². The molecule has 0 heterocycles. The van der Waals surface area contributed by atoms with Crippen LogP contribution in [0.3, 0.4) is 0 Å². The van der Waals surface area contributed by atoms with Crippen molar-refractivity contribution < 1.29 is 22.1 Å². The van der Waals surface area contributed by atoms with Gasteiger partial charge in [-0.25, -0.2) is 0 Å². The van der Waals surface area contributed by atoms with Gasteiger partial charge < -0.3 is 22.1 Å². The summed E-state index contributed by atoms with van der Waals surface area (Å²) in [5.41, 5.74) is 0. The van der Waals surface area contributed by atoms with Crippen LogP contribution >= 0.6 is 0 Å². The highest BCUT2D eigenvalue weighted by Gasteiger charge is 2.40. The molecule has 0 aliphatic heterocycles. The fourth-order valence-electron chi connectivity index (χ4n) is 1.81. The first-order valence-corrected chi connectivity index (χ1v) is 15.3. The molecule has 0 unspecified atom stereocenters. The summed E-state index contributed by atoms with van der Waals surface area (Å²) in [4.78, 5) is 0. The third-order valence-corrected chi connectivity index (χ3v) is 12.4. The van der Waals surface area contributed by atoms with Gasteiger partial charge in [-0.1, -0.05) is 0 Å². The smallest absolute Gasteiger partial charge is 0.322 e. The second-order valence-electron chi connectivity index (χ2n) is 6.01. The molecule has 0 radical (unpaired) electrons. The highest BCUT2D eigenvalue weighted by Crippen LogP contribution is 2.20. The predicted octanol–water partition coefficient (Wildman–Crippen LogP) is 2.48. The highest BCUT2D eigenvalue weighted by atomic mass is 28.5. The average Bonchev–Trinajstić information content (AvgIpc) is 2.21. The van der Waals surface area contributed by atoms with Crippen LogP contribution in [0.25, 0.3) is 0 Å². The van der Waals surface area contributed by atoms with Crippen LogP contribution in [0, 0.1) is 0 Å². The van der Waals surface area contributed by atoms with Crippen LogP contribution in [0.15, 0.2) is 0 Å². The molecule has 0 aliphatic carbocycles. The van der Waals surface area contributed by atoms with Crippen LogP contribution in [0.4, 0.5) is 0 Å². The van der Waals surface area contributed by atoms with Gasteiger partial charge in [-0.2, -0.15) is 0 Å². The van der Waals surface area contributed by atoms with E-state index in [0.717, 1.165) is 0 Å². The fourth-order valence-corrected chi connectivity index (χ4v) is 13.6. The lowest BCUT2D eigenvalue weighted by Crippen LogP contribution is -2.54. The van der Waals surface area contributed by atoms with Gasteiger partial charge in [0.1, 0.15) is 0 Å². The van der Waals surface area contributed by atoms with Gasteiger partial charge in [0.25, 0.3) is 0 Å². The van der Waals surface area contributed by atoms with E-state index in [1.807, 2.05) is 13.1 Å². The summed E-state index contributed by atoms with van der Waals surface area (Å²) in [5.74, 6) is 0. The van der Waals surface area contributed by atoms with Crippen LogP contribution in [0.2, 0.25) is 39.3 Å². The molecule has 0 rings (SSSR count). The molecular weight excluding hydrogens is 296 g/mol. The quantitative estimate of drug-likeness (QED) is 0.456. The Morgan fingerprint density at radius 1 is 0.737 bits per heavy atom. The topological polar surface area (TPSA) is 46.2 Å². The molecule has 116 valence electrons. The standard InChI is InChI=1S/C11H30O5Si3/c1-12-9-10-14-11-17(3,4)15-19(7,8)16-18(5,6)13-2/h9-11H2,1-8H3. The molecule has 0 N–H and O–H groups in total. The second-order valence-corrected chi connectivity index (χ2v) is 17.5. The minimum atomic E-state index is -2.18. The van der Waals surface area contributed by atoms with E-state index in [4.69, 9.17) is 22.1 Å². The SMILES string of the molecule is COCCOC[Si](C)(C)O[Si](C)(C)O[Si](C)(C)OC. The van der Waals surface area contributed by atoms with E-state index >= 15 is 0 Å². The third kappa shape index (κ3) is 9.91. The first-order valence-electron chi connectivity index (χ1n) is 6.56. The van der Waals surface area contributed by atoms with Crippen molar-refractivity contribution in [3.05, 3.63) is 0 Å². The van der Waals surface area contributed by atoms with Gasteiger partial charge in [-0.05, 0) is 39.3 Å². The summed E-state index contributed by atoms with van der Waals surface area (Å²) in [5, 5.41) is 0. The van der Waals surface area contributed by atoms with Gasteiger partial charge in [0.15, 0.2) is 0 Å². The zero-order valence-electron chi connectivity index (χ0n) is 13.7. The van der Waals surface area contributed by atoms with Gasteiger partial charge in [0, 0.05) is 14.2 Å². The maximum Gasteiger partial charge on any atom is 0.322 e. The van der Waals surface area contributed by atoms with E-state index in [9.17, 15) is 0 Å². The first-order chi connectivity index (χ1) is 8.54. The Balaban J connectivity index is 4.29. The number of hydrogen-bond acceptors (Lipinski definition) is 5. The Bertz CT molecular complexity index is 259. The van der Waals surface area contributed by atoms with E-state index < -0.39 is 25.4 Å². The molecule has 0 aromatic heterocycles. The number of rotatable bonds is 10. The average molecular weight is 327 g/mol. The normalized spacial score (nSPS) is 13.9. The third-order valence-electron chi connectivity index (χ3n) is 2.39. The maximum atomic E-state index is 6.29. The molecule has 0 amide bonds. The monoisotopic (exact) mass is 326 g/mol. The van der Waals surface area contributed by atoms with Gasteiger partial charge in [0.05, 0.1) is 19.4 Å². The van der Waals surface area contributed by atoms with Gasteiger partial charge in [0.2, 0.25) is 8.32 Å². The Labute approximate surface area is 121 Å². The first kappa shape index (κ1) is 19.5. The van der Waals surface area contributed by atoms with Crippen molar-refractivity contribution in [1.29, 1.82) is 0 Å². The fraction of sp³-hybridized carbons (Fsp3) is 1.00. The molecule has 0 spiro atoms. The minimum Gasteiger partial charge on any atom is -0.435 e. The molecule has 0 saturated carbocycles. The van der Waals surface area contributed by atoms with Crippen LogP contribution < -0.4 is 0 Å². The summed E-state index contributed by atoms with van der Waals surface area (Å²) < 4.78 is 28.4. The molecule has 0 aromatic carbocycles. The predicted molar refractivity (Wildman–Crippen MR) is 84.3 cm³/mol. The van der Waals surface area contributed by atoms with Crippen LogP contribution in [-0.4, -0.2) is 59.1 Å². The number of methoxy groups -OCH3 is 1. The summed E-state index contributed by atoms with van der Waals surface area (Å²) in [7, 11) is -2.74. The van der Waals surface area contributed by atoms with E-state index in [-0.39, 0.29) is 0 Å². The van der Waals surface area contributed by atoms with E-state index in [0.29, 0.717) is 19.4 Å². The molecule has 8 heteroatoms. The molecule has 5 nitrogen and oxygen atoms in total. The Morgan fingerprint density at radius 2 is 1.32 bits per heavy atom. The van der Waals surface area contributed by atoms with Crippen molar-refractivity contribution in [2.75, 3.05) is 33.7 Å². The molecule has 0 saturated heterocycles. The highest BCUT2D eigenvalue weighted by molar-refractivity contribution is 6.86. The summed E-state index contributed by atoms with van der Waals surface area (Å²) in [6.45, 7) is 13.8. The summed E-state index contributed by atoms with van der Waals surface area (Å²) >= 11 is 0. The molecular formula is C11H30O5Si3. The zero-order valence-corrected chi connectivity index (χ0v) is 16.7. The number of hydrogen-bond donors (Lipinski definition) is 0.